The predicted octanol–water partition coefficient (Wildman–Crippen LogP) is 4.43. The molecule has 1 N–H and O–H groups in total. The molecule has 0 bridgehead atoms. The number of morpholine rings is 1. The molecule has 0 aliphatic carbocycles. The van der Waals surface area contributed by atoms with E-state index in [1.165, 1.54) is 15.7 Å². The van der Waals surface area contributed by atoms with E-state index in [2.05, 4.69) is 4.98 Å². The van der Waals surface area contributed by atoms with Crippen molar-refractivity contribution < 1.29 is 23.7 Å². The fraction of sp³-hybridized carbons (Fsp3) is 0.281. The number of methoxy groups -OCH3 is 2. The number of amides is 1. The van der Waals surface area contributed by atoms with Crippen molar-refractivity contribution in [2.45, 2.75) is 24.9 Å². The highest BCUT2D eigenvalue weighted by Crippen LogP contribution is 2.42. The van der Waals surface area contributed by atoms with Gasteiger partial charge in [-0.25, -0.2) is 4.79 Å². The van der Waals surface area contributed by atoms with E-state index >= 15 is 0 Å². The van der Waals surface area contributed by atoms with Crippen LogP contribution in [0.15, 0.2) is 94.6 Å². The van der Waals surface area contributed by atoms with Gasteiger partial charge in [-0.15, -0.1) is 0 Å². The third-order valence-corrected chi connectivity index (χ3v) is 7.75. The van der Waals surface area contributed by atoms with Gasteiger partial charge < -0.3 is 23.8 Å². The average molecular weight is 606 g/mol. The van der Waals surface area contributed by atoms with Gasteiger partial charge in [0, 0.05) is 11.8 Å². The van der Waals surface area contributed by atoms with Gasteiger partial charge in [0.1, 0.15) is 23.2 Å². The Hall–Kier alpha value is -4.38. The second-order valence-electron chi connectivity index (χ2n) is 10.2. The number of aryl methyl sites for hydroxylation is 1. The average Bonchev–Trinajstić information content (AvgIpc) is 3.04. The van der Waals surface area contributed by atoms with Crippen LogP contribution in [0.4, 0.5) is 4.79 Å². The first-order chi connectivity index (χ1) is 20.7. The first-order valence-electron chi connectivity index (χ1n) is 13.7. The molecular weight excluding hydrogens is 574 g/mol. The van der Waals surface area contributed by atoms with Crippen LogP contribution < -0.4 is 20.7 Å². The van der Waals surface area contributed by atoms with Crippen LogP contribution in [0.3, 0.4) is 0 Å². The number of halogens is 1. The largest absolute Gasteiger partial charge is 0.497 e. The lowest BCUT2D eigenvalue weighted by Gasteiger charge is -2.41. The molecule has 43 heavy (non-hydrogen) atoms. The summed E-state index contributed by atoms with van der Waals surface area (Å²) in [6.45, 7) is 1.75. The van der Waals surface area contributed by atoms with Crippen LogP contribution in [0, 0.1) is 6.92 Å². The second-order valence-corrected chi connectivity index (χ2v) is 10.5. The first kappa shape index (κ1) is 30.1. The second kappa shape index (κ2) is 12.9. The quantitative estimate of drug-likeness (QED) is 0.171. The van der Waals surface area contributed by atoms with Crippen LogP contribution in [0.5, 0.6) is 11.5 Å². The molecule has 1 amide bonds. The highest BCUT2D eigenvalue weighted by atomic mass is 35.5. The SMILES string of the molecule is COc1ccc(C(OC[C@@H]2CN(C(=O)Cl)C[C@H](n3cc(C)c(=O)[nH]c3=O)O2)(c2ccccc2)c2ccc(OC)cc2)cc1. The minimum Gasteiger partial charge on any atom is -0.497 e. The van der Waals surface area contributed by atoms with E-state index in [1.807, 2.05) is 78.9 Å². The third kappa shape index (κ3) is 6.22. The van der Waals surface area contributed by atoms with Gasteiger partial charge in [-0.05, 0) is 59.5 Å². The Labute approximate surface area is 253 Å². The zero-order valence-corrected chi connectivity index (χ0v) is 24.7. The number of rotatable bonds is 9. The molecule has 4 aromatic rings. The van der Waals surface area contributed by atoms with Gasteiger partial charge in [0.15, 0.2) is 6.23 Å². The Morgan fingerprint density at radius 2 is 1.47 bits per heavy atom. The molecule has 2 heterocycles. The number of carbonyl (C=O) groups excluding carboxylic acids is 1. The molecule has 0 spiro atoms. The van der Waals surface area contributed by atoms with Crippen molar-refractivity contribution in [3.8, 4) is 11.5 Å². The minimum atomic E-state index is -1.11. The maximum absolute atomic E-state index is 12.7. The smallest absolute Gasteiger partial charge is 0.330 e. The Morgan fingerprint density at radius 3 is 2.00 bits per heavy atom. The summed E-state index contributed by atoms with van der Waals surface area (Å²) in [6.07, 6.45) is -0.170. The Kier molecular flexibility index (Phi) is 9.00. The van der Waals surface area contributed by atoms with E-state index in [1.54, 1.807) is 21.1 Å². The Morgan fingerprint density at radius 1 is 0.907 bits per heavy atom. The summed E-state index contributed by atoms with van der Waals surface area (Å²) in [6, 6.07) is 25.0. The van der Waals surface area contributed by atoms with Gasteiger partial charge in [0.2, 0.25) is 0 Å². The lowest BCUT2D eigenvalue weighted by Crippen LogP contribution is -2.51. The molecule has 0 radical (unpaired) electrons. The number of benzene rings is 3. The molecule has 224 valence electrons. The van der Waals surface area contributed by atoms with Crippen LogP contribution in [0.25, 0.3) is 0 Å². The van der Waals surface area contributed by atoms with Crippen molar-refractivity contribution in [1.29, 1.82) is 0 Å². The molecular formula is C32H32ClN3O7. The highest BCUT2D eigenvalue weighted by Gasteiger charge is 2.40. The zero-order chi connectivity index (χ0) is 30.6. The normalized spacial score (nSPS) is 17.0. The number of aromatic amines is 1. The van der Waals surface area contributed by atoms with Crippen LogP contribution in [0.2, 0.25) is 0 Å². The number of aromatic nitrogens is 2. The molecule has 0 unspecified atom stereocenters. The highest BCUT2D eigenvalue weighted by molar-refractivity contribution is 6.62. The summed E-state index contributed by atoms with van der Waals surface area (Å²) in [4.78, 5) is 40.7. The molecule has 11 heteroatoms. The number of H-pyrrole nitrogens is 1. The number of nitrogens with zero attached hydrogens (tertiary/aromatic N) is 2. The number of carbonyl (C=O) groups is 1. The van der Waals surface area contributed by atoms with Crippen molar-refractivity contribution in [1.82, 2.24) is 14.5 Å². The summed E-state index contributed by atoms with van der Waals surface area (Å²) < 4.78 is 25.3. The molecule has 1 aliphatic heterocycles. The maximum atomic E-state index is 12.7. The molecule has 10 nitrogen and oxygen atoms in total. The van der Waals surface area contributed by atoms with E-state index in [9.17, 15) is 14.4 Å². The summed E-state index contributed by atoms with van der Waals surface area (Å²) in [7, 11) is 3.21. The lowest BCUT2D eigenvalue weighted by molar-refractivity contribution is -0.147. The van der Waals surface area contributed by atoms with Gasteiger partial charge in [0.05, 0.1) is 33.9 Å². The molecule has 2 atom stereocenters. The lowest BCUT2D eigenvalue weighted by atomic mass is 9.80. The van der Waals surface area contributed by atoms with Gasteiger partial charge >= 0.3 is 11.1 Å². The fourth-order valence-corrected chi connectivity index (χ4v) is 5.44. The van der Waals surface area contributed by atoms with Crippen LogP contribution in [-0.2, 0) is 15.1 Å². The maximum Gasteiger partial charge on any atom is 0.330 e. The van der Waals surface area contributed by atoms with Gasteiger partial charge in [-0.3, -0.25) is 19.1 Å². The molecule has 3 aromatic carbocycles. The minimum absolute atomic E-state index is 0.0151. The standard InChI is InChI=1S/C32H32ClN3O7/c1-21-17-36(31(39)34-29(21)37)28-19-35(30(33)38)18-27(43-28)20-42-32(22-7-5-4-6-8-22,23-9-13-25(40-2)14-10-23)24-11-15-26(41-3)16-12-24/h4-17,27-28H,18-20H2,1-3H3,(H,34,37,39)/t27-,28+/m0/s1. The van der Waals surface area contributed by atoms with Crippen molar-refractivity contribution in [3.63, 3.8) is 0 Å². The molecule has 1 aromatic heterocycles. The summed E-state index contributed by atoms with van der Waals surface area (Å²) in [5.41, 5.74) is 0.581. The summed E-state index contributed by atoms with van der Waals surface area (Å²) in [5, 5.41) is -0.688. The molecule has 0 saturated carbocycles. The van der Waals surface area contributed by atoms with Crippen molar-refractivity contribution >= 4 is 17.0 Å². The van der Waals surface area contributed by atoms with E-state index in [0.717, 1.165) is 16.7 Å². The van der Waals surface area contributed by atoms with Crippen molar-refractivity contribution in [2.75, 3.05) is 33.9 Å². The number of hydrogen-bond acceptors (Lipinski definition) is 7. The third-order valence-electron chi connectivity index (χ3n) is 7.51. The molecule has 1 fully saturated rings. The van der Waals surface area contributed by atoms with E-state index in [4.69, 9.17) is 30.5 Å². The fourth-order valence-electron chi connectivity index (χ4n) is 5.30. The van der Waals surface area contributed by atoms with Crippen LogP contribution >= 0.6 is 11.6 Å². The monoisotopic (exact) mass is 605 g/mol. The Balaban J connectivity index is 1.57. The molecule has 1 aliphatic rings. The number of hydrogen-bond donors (Lipinski definition) is 1. The van der Waals surface area contributed by atoms with E-state index in [-0.39, 0.29) is 19.7 Å². The van der Waals surface area contributed by atoms with Crippen molar-refractivity contribution in [3.05, 3.63) is 128 Å². The first-order valence-corrected chi connectivity index (χ1v) is 14.0. The summed E-state index contributed by atoms with van der Waals surface area (Å²) >= 11 is 5.93. The Bertz CT molecular complexity index is 1620. The number of ether oxygens (including phenoxy) is 4. The predicted molar refractivity (Wildman–Crippen MR) is 161 cm³/mol. The summed E-state index contributed by atoms with van der Waals surface area (Å²) in [5.74, 6) is 1.38. The van der Waals surface area contributed by atoms with Crippen molar-refractivity contribution in [2.24, 2.45) is 0 Å². The molecule has 1 saturated heterocycles. The topological polar surface area (TPSA) is 112 Å². The van der Waals surface area contributed by atoms with E-state index < -0.39 is 34.5 Å². The van der Waals surface area contributed by atoms with E-state index in [0.29, 0.717) is 17.1 Å². The van der Waals surface area contributed by atoms with Crippen LogP contribution in [-0.4, -0.2) is 59.8 Å². The van der Waals surface area contributed by atoms with Gasteiger partial charge in [0.25, 0.3) is 5.56 Å². The molecule has 5 rings (SSSR count). The zero-order valence-electron chi connectivity index (χ0n) is 24.0. The number of nitrogens with one attached hydrogen (secondary N) is 1. The van der Waals surface area contributed by atoms with Gasteiger partial charge in [-0.1, -0.05) is 54.6 Å². The van der Waals surface area contributed by atoms with Crippen LogP contribution in [0.1, 0.15) is 28.5 Å². The van der Waals surface area contributed by atoms with Gasteiger partial charge in [-0.2, -0.15) is 0 Å².